The summed E-state index contributed by atoms with van der Waals surface area (Å²) in [6.07, 6.45) is 9.72. The fourth-order valence-corrected chi connectivity index (χ4v) is 4.55. The Labute approximate surface area is 215 Å². The molecule has 0 bridgehead atoms. The molecule has 0 radical (unpaired) electrons. The van der Waals surface area contributed by atoms with Crippen LogP contribution in [-0.4, -0.2) is 42.4 Å². The maximum atomic E-state index is 14.3. The van der Waals surface area contributed by atoms with Crippen molar-refractivity contribution in [1.29, 1.82) is 0 Å². The molecule has 188 valence electrons. The van der Waals surface area contributed by atoms with E-state index in [0.717, 1.165) is 37.9 Å². The molecule has 1 aliphatic carbocycles. The lowest BCUT2D eigenvalue weighted by atomic mass is 10.1. The second kappa shape index (κ2) is 9.44. The predicted octanol–water partition coefficient (Wildman–Crippen LogP) is 5.07. The maximum absolute atomic E-state index is 14.3. The molecule has 11 heteroatoms. The van der Waals surface area contributed by atoms with Gasteiger partial charge in [-0.25, -0.2) is 23.7 Å². The van der Waals surface area contributed by atoms with Gasteiger partial charge in [-0.3, -0.25) is 9.20 Å². The Hall–Kier alpha value is -4.05. The molecule has 0 unspecified atom stereocenters. The molecule has 0 atom stereocenters. The highest BCUT2D eigenvalue weighted by Crippen LogP contribution is 2.32. The number of carbonyl (C=O) groups excluding carboxylic acids is 1. The number of hydrogen-bond acceptors (Lipinski definition) is 5. The molecule has 8 nitrogen and oxygen atoms in total. The van der Waals surface area contributed by atoms with Gasteiger partial charge < -0.3 is 15.2 Å². The van der Waals surface area contributed by atoms with Crippen molar-refractivity contribution in [2.75, 3.05) is 11.9 Å². The number of amides is 1. The first-order chi connectivity index (χ1) is 18.0. The summed E-state index contributed by atoms with van der Waals surface area (Å²) in [5.74, 6) is -1.74. The Balaban J connectivity index is 1.38. The summed E-state index contributed by atoms with van der Waals surface area (Å²) in [7, 11) is 0. The quantitative estimate of drug-likeness (QED) is 0.278. The summed E-state index contributed by atoms with van der Waals surface area (Å²) in [6.45, 7) is 1.34. The van der Waals surface area contributed by atoms with E-state index in [2.05, 4.69) is 25.6 Å². The zero-order valence-electron chi connectivity index (χ0n) is 19.6. The van der Waals surface area contributed by atoms with Crippen LogP contribution in [0.5, 0.6) is 0 Å². The van der Waals surface area contributed by atoms with Crippen molar-refractivity contribution in [2.24, 2.45) is 0 Å². The van der Waals surface area contributed by atoms with Gasteiger partial charge in [0.05, 0.1) is 39.8 Å². The molecule has 1 fully saturated rings. The van der Waals surface area contributed by atoms with Gasteiger partial charge in [0.1, 0.15) is 0 Å². The van der Waals surface area contributed by atoms with E-state index in [1.807, 2.05) is 10.8 Å². The van der Waals surface area contributed by atoms with Gasteiger partial charge in [-0.1, -0.05) is 17.7 Å². The molecule has 0 spiro atoms. The van der Waals surface area contributed by atoms with Crippen LogP contribution in [0, 0.1) is 11.6 Å². The molecule has 6 rings (SSSR count). The molecule has 0 saturated heterocycles. The van der Waals surface area contributed by atoms with Crippen molar-refractivity contribution in [3.63, 3.8) is 0 Å². The van der Waals surface area contributed by atoms with E-state index < -0.39 is 11.6 Å². The Morgan fingerprint density at radius 2 is 2.00 bits per heavy atom. The first kappa shape index (κ1) is 23.4. The van der Waals surface area contributed by atoms with Crippen molar-refractivity contribution < 1.29 is 13.6 Å². The van der Waals surface area contributed by atoms with Crippen LogP contribution in [0.2, 0.25) is 5.02 Å². The van der Waals surface area contributed by atoms with Crippen LogP contribution in [0.1, 0.15) is 29.6 Å². The molecule has 2 N–H and O–H groups in total. The van der Waals surface area contributed by atoms with Gasteiger partial charge in [0.15, 0.2) is 23.1 Å². The molecular weight excluding hydrogens is 500 g/mol. The van der Waals surface area contributed by atoms with E-state index in [1.165, 1.54) is 0 Å². The molecule has 0 aliphatic heterocycles. The van der Waals surface area contributed by atoms with E-state index in [9.17, 15) is 13.6 Å². The summed E-state index contributed by atoms with van der Waals surface area (Å²) < 4.78 is 32.1. The molecule has 5 aromatic rings. The summed E-state index contributed by atoms with van der Waals surface area (Å²) in [5.41, 5.74) is 2.75. The monoisotopic (exact) mass is 521 g/mol. The summed E-state index contributed by atoms with van der Waals surface area (Å²) >= 11 is 6.49. The average Bonchev–Trinajstić information content (AvgIpc) is 3.35. The van der Waals surface area contributed by atoms with Crippen LogP contribution in [0.3, 0.4) is 0 Å². The van der Waals surface area contributed by atoms with Crippen molar-refractivity contribution in [3.8, 4) is 11.3 Å². The van der Waals surface area contributed by atoms with E-state index in [-0.39, 0.29) is 17.5 Å². The number of nitrogens with one attached hydrogen (secondary N) is 2. The Bertz CT molecular complexity index is 1630. The number of rotatable bonds is 8. The molecular formula is C26H22ClF2N7O. The molecule has 1 saturated carbocycles. The molecule has 1 aliphatic rings. The van der Waals surface area contributed by atoms with Gasteiger partial charge in [0.2, 0.25) is 0 Å². The number of nitrogens with zero attached hydrogens (tertiary/aromatic N) is 5. The summed E-state index contributed by atoms with van der Waals surface area (Å²) in [5, 5.41) is 6.50. The lowest BCUT2D eigenvalue weighted by molar-refractivity contribution is 0.0951. The number of aromatic nitrogens is 5. The van der Waals surface area contributed by atoms with Crippen molar-refractivity contribution in [3.05, 3.63) is 77.5 Å². The number of carbonyl (C=O) groups is 1. The second-order valence-corrected chi connectivity index (χ2v) is 9.45. The van der Waals surface area contributed by atoms with Crippen LogP contribution in [0.25, 0.3) is 27.9 Å². The van der Waals surface area contributed by atoms with Crippen LogP contribution < -0.4 is 10.6 Å². The highest BCUT2D eigenvalue weighted by atomic mass is 35.5. The van der Waals surface area contributed by atoms with Gasteiger partial charge in [-0.2, -0.15) is 0 Å². The van der Waals surface area contributed by atoms with E-state index in [4.69, 9.17) is 11.6 Å². The second-order valence-electron chi connectivity index (χ2n) is 9.04. The van der Waals surface area contributed by atoms with Crippen LogP contribution in [-0.2, 0) is 6.54 Å². The molecule has 37 heavy (non-hydrogen) atoms. The lowest BCUT2D eigenvalue weighted by Gasteiger charge is -2.13. The highest BCUT2D eigenvalue weighted by Gasteiger charge is 2.25. The third-order valence-electron chi connectivity index (χ3n) is 6.33. The van der Waals surface area contributed by atoms with Gasteiger partial charge in [0, 0.05) is 49.2 Å². The maximum Gasteiger partial charge on any atom is 0.253 e. The fraction of sp³-hybridized carbons (Fsp3) is 0.231. The van der Waals surface area contributed by atoms with E-state index in [1.54, 1.807) is 41.3 Å². The smallest absolute Gasteiger partial charge is 0.253 e. The van der Waals surface area contributed by atoms with Crippen molar-refractivity contribution >= 4 is 40.0 Å². The SMILES string of the molecule is O=C(NC1CC1)c1ccc(-c2cnc3c(NCCCn4ccnc4)nc4cc(F)c(F)cc4n23)cc1Cl. The fourth-order valence-electron chi connectivity index (χ4n) is 4.29. The first-order valence-corrected chi connectivity index (χ1v) is 12.3. The van der Waals surface area contributed by atoms with Crippen LogP contribution >= 0.6 is 11.6 Å². The van der Waals surface area contributed by atoms with Gasteiger partial charge in [-0.05, 0) is 31.4 Å². The summed E-state index contributed by atoms with van der Waals surface area (Å²) in [6, 6.07) is 7.49. The molecule has 1 amide bonds. The minimum absolute atomic E-state index is 0.210. The largest absolute Gasteiger partial charge is 0.367 e. The normalized spacial score (nSPS) is 13.4. The topological polar surface area (TPSA) is 89.1 Å². The Morgan fingerprint density at radius 1 is 1.16 bits per heavy atom. The van der Waals surface area contributed by atoms with Crippen LogP contribution in [0.4, 0.5) is 14.6 Å². The number of fused-ring (bicyclic) bond motifs is 3. The minimum atomic E-state index is -0.985. The molecule has 3 aromatic heterocycles. The lowest BCUT2D eigenvalue weighted by Crippen LogP contribution is -2.25. The number of imidazole rings is 2. The van der Waals surface area contributed by atoms with Gasteiger partial charge in [-0.15, -0.1) is 0 Å². The molecule has 2 aromatic carbocycles. The average molecular weight is 522 g/mol. The zero-order chi connectivity index (χ0) is 25.5. The zero-order valence-corrected chi connectivity index (χ0v) is 20.3. The highest BCUT2D eigenvalue weighted by molar-refractivity contribution is 6.34. The van der Waals surface area contributed by atoms with Crippen molar-refractivity contribution in [1.82, 2.24) is 29.2 Å². The number of halogens is 3. The minimum Gasteiger partial charge on any atom is -0.367 e. The van der Waals surface area contributed by atoms with Crippen molar-refractivity contribution in [2.45, 2.75) is 31.8 Å². The Morgan fingerprint density at radius 3 is 2.76 bits per heavy atom. The van der Waals surface area contributed by atoms with E-state index in [0.29, 0.717) is 45.4 Å². The number of hydrogen-bond donors (Lipinski definition) is 2. The third-order valence-corrected chi connectivity index (χ3v) is 6.64. The standard InChI is InChI=1S/C26H22ClF2N7O/c27-18-10-15(2-5-17(18)26(37)33-16-3-4-16)23-13-32-25-24(31-6-1-8-35-9-7-30-14-35)34-21-11-19(28)20(29)12-22(21)36(23)25/h2,5,7,9-14,16H,1,3-4,6,8H2,(H,31,34)(H,33,37). The van der Waals surface area contributed by atoms with Gasteiger partial charge >= 0.3 is 0 Å². The summed E-state index contributed by atoms with van der Waals surface area (Å²) in [4.78, 5) is 25.6. The first-order valence-electron chi connectivity index (χ1n) is 11.9. The third kappa shape index (κ3) is 4.60. The number of anilines is 1. The predicted molar refractivity (Wildman–Crippen MR) is 137 cm³/mol. The number of benzene rings is 2. The van der Waals surface area contributed by atoms with E-state index >= 15 is 0 Å². The number of aryl methyl sites for hydroxylation is 1. The molecule has 3 heterocycles. The van der Waals surface area contributed by atoms with Gasteiger partial charge in [0.25, 0.3) is 5.91 Å². The Kier molecular flexibility index (Phi) is 5.96. The van der Waals surface area contributed by atoms with Crippen LogP contribution in [0.15, 0.2) is 55.2 Å².